The van der Waals surface area contributed by atoms with Gasteiger partial charge in [-0.2, -0.15) is 10.2 Å². The molecule has 2 aromatic heterocycles. The molecule has 0 saturated carbocycles. The van der Waals surface area contributed by atoms with Gasteiger partial charge in [-0.1, -0.05) is 0 Å². The Bertz CT molecular complexity index is 562. The Morgan fingerprint density at radius 2 is 2.16 bits per heavy atom. The van der Waals surface area contributed by atoms with E-state index in [-0.39, 0.29) is 18.9 Å². The Hall–Kier alpha value is -2.71. The van der Waals surface area contributed by atoms with Gasteiger partial charge in [0, 0.05) is 12.6 Å². The fraction of sp³-hybridized carbons (Fsp3) is 0.300. The van der Waals surface area contributed by atoms with E-state index in [0.29, 0.717) is 12.2 Å². The average Bonchev–Trinajstić information content (AvgIpc) is 2.97. The second-order valence-corrected chi connectivity index (χ2v) is 3.78. The van der Waals surface area contributed by atoms with E-state index in [1.807, 2.05) is 0 Å². The standard InChI is InChI=1S/C10H12N6O3/c17-9(1-2-15-7-11-6-13-15)14-8-3-12-16(4-8)5-10(18)19/h3-4,6-7H,1-2,5H2,(H,14,17)(H,18,19). The normalized spacial score (nSPS) is 10.3. The SMILES string of the molecule is O=C(O)Cn1cc(NC(=O)CCn2cncn2)cn1. The molecule has 0 aliphatic carbocycles. The Balaban J connectivity index is 1.81. The second-order valence-electron chi connectivity index (χ2n) is 3.78. The average molecular weight is 264 g/mol. The summed E-state index contributed by atoms with van der Waals surface area (Å²) in [5.74, 6) is -1.20. The summed E-state index contributed by atoms with van der Waals surface area (Å²) in [6, 6.07) is 0. The molecule has 0 aromatic carbocycles. The summed E-state index contributed by atoms with van der Waals surface area (Å²) in [6.45, 7) is 0.184. The molecule has 0 unspecified atom stereocenters. The lowest BCUT2D eigenvalue weighted by molar-refractivity contribution is -0.137. The van der Waals surface area contributed by atoms with Crippen molar-refractivity contribution in [2.75, 3.05) is 5.32 Å². The van der Waals surface area contributed by atoms with Crippen molar-refractivity contribution in [2.45, 2.75) is 19.5 Å². The minimum absolute atomic E-state index is 0.203. The van der Waals surface area contributed by atoms with Crippen LogP contribution in [0.15, 0.2) is 25.0 Å². The van der Waals surface area contributed by atoms with Crippen molar-refractivity contribution in [3.8, 4) is 0 Å². The van der Waals surface area contributed by atoms with Gasteiger partial charge in [0.15, 0.2) is 0 Å². The van der Waals surface area contributed by atoms with Gasteiger partial charge in [0.05, 0.1) is 18.4 Å². The van der Waals surface area contributed by atoms with E-state index in [0.717, 1.165) is 0 Å². The molecular formula is C10H12N6O3. The molecule has 9 heteroatoms. The zero-order chi connectivity index (χ0) is 13.7. The third kappa shape index (κ3) is 3.91. The molecule has 0 spiro atoms. The van der Waals surface area contributed by atoms with E-state index in [1.54, 1.807) is 4.68 Å². The lowest BCUT2D eigenvalue weighted by Gasteiger charge is -2.02. The molecule has 0 saturated heterocycles. The van der Waals surface area contributed by atoms with Crippen LogP contribution >= 0.6 is 0 Å². The van der Waals surface area contributed by atoms with Crippen molar-refractivity contribution in [1.29, 1.82) is 0 Å². The van der Waals surface area contributed by atoms with Crippen molar-refractivity contribution >= 4 is 17.6 Å². The number of anilines is 1. The number of amides is 1. The maximum Gasteiger partial charge on any atom is 0.325 e. The van der Waals surface area contributed by atoms with E-state index in [1.165, 1.54) is 29.7 Å². The van der Waals surface area contributed by atoms with Crippen molar-refractivity contribution < 1.29 is 14.7 Å². The van der Waals surface area contributed by atoms with Gasteiger partial charge >= 0.3 is 5.97 Å². The molecule has 2 rings (SSSR count). The van der Waals surface area contributed by atoms with Gasteiger partial charge in [-0.25, -0.2) is 4.98 Å². The van der Waals surface area contributed by atoms with Gasteiger partial charge in [-0.05, 0) is 0 Å². The van der Waals surface area contributed by atoms with Crippen LogP contribution in [0.1, 0.15) is 6.42 Å². The summed E-state index contributed by atoms with van der Waals surface area (Å²) in [4.78, 5) is 25.8. The van der Waals surface area contributed by atoms with Gasteiger partial charge in [-0.15, -0.1) is 0 Å². The molecule has 1 amide bonds. The summed E-state index contributed by atoms with van der Waals surface area (Å²) < 4.78 is 2.78. The zero-order valence-electron chi connectivity index (χ0n) is 9.93. The monoisotopic (exact) mass is 264 g/mol. The number of carboxylic acids is 1. The number of rotatable bonds is 6. The number of carbonyl (C=O) groups is 2. The molecule has 19 heavy (non-hydrogen) atoms. The van der Waals surface area contributed by atoms with Crippen LogP contribution in [0.4, 0.5) is 5.69 Å². The van der Waals surface area contributed by atoms with E-state index >= 15 is 0 Å². The maximum atomic E-state index is 11.6. The van der Waals surface area contributed by atoms with Crippen LogP contribution in [0.5, 0.6) is 0 Å². The van der Waals surface area contributed by atoms with Crippen LogP contribution in [0.2, 0.25) is 0 Å². The summed E-state index contributed by atoms with van der Waals surface area (Å²) in [5, 5.41) is 18.9. The van der Waals surface area contributed by atoms with Gasteiger partial charge < -0.3 is 10.4 Å². The highest BCUT2D eigenvalue weighted by Gasteiger charge is 2.06. The number of carbonyl (C=O) groups excluding carboxylic acids is 1. The van der Waals surface area contributed by atoms with E-state index in [2.05, 4.69) is 20.5 Å². The maximum absolute atomic E-state index is 11.6. The predicted molar refractivity (Wildman–Crippen MR) is 63.1 cm³/mol. The smallest absolute Gasteiger partial charge is 0.325 e. The third-order valence-electron chi connectivity index (χ3n) is 2.25. The Kier molecular flexibility index (Phi) is 3.86. The highest BCUT2D eigenvalue weighted by atomic mass is 16.4. The zero-order valence-corrected chi connectivity index (χ0v) is 9.93. The van der Waals surface area contributed by atoms with Crippen LogP contribution in [-0.4, -0.2) is 41.5 Å². The third-order valence-corrected chi connectivity index (χ3v) is 2.25. The first-order valence-corrected chi connectivity index (χ1v) is 5.50. The second kappa shape index (κ2) is 5.76. The first-order valence-electron chi connectivity index (χ1n) is 5.50. The topological polar surface area (TPSA) is 115 Å². The highest BCUT2D eigenvalue weighted by molar-refractivity contribution is 5.90. The molecule has 2 aromatic rings. The number of hydrogen-bond donors (Lipinski definition) is 2. The largest absolute Gasteiger partial charge is 0.480 e. The van der Waals surface area contributed by atoms with Crippen LogP contribution in [-0.2, 0) is 22.7 Å². The quantitative estimate of drug-likeness (QED) is 0.732. The molecule has 9 nitrogen and oxygen atoms in total. The molecule has 0 bridgehead atoms. The number of carboxylic acid groups (broad SMARTS) is 1. The van der Waals surface area contributed by atoms with Crippen LogP contribution in [0, 0.1) is 0 Å². The van der Waals surface area contributed by atoms with Gasteiger partial charge in [-0.3, -0.25) is 19.0 Å². The van der Waals surface area contributed by atoms with Crippen molar-refractivity contribution in [3.63, 3.8) is 0 Å². The minimum atomic E-state index is -0.993. The van der Waals surface area contributed by atoms with Gasteiger partial charge in [0.25, 0.3) is 0 Å². The van der Waals surface area contributed by atoms with Crippen molar-refractivity contribution in [1.82, 2.24) is 24.5 Å². The summed E-state index contributed by atoms with van der Waals surface area (Å²) in [6.07, 6.45) is 6.03. The van der Waals surface area contributed by atoms with Crippen LogP contribution < -0.4 is 5.32 Å². The fourth-order valence-corrected chi connectivity index (χ4v) is 1.44. The summed E-state index contributed by atoms with van der Waals surface area (Å²) in [5.41, 5.74) is 0.463. The van der Waals surface area contributed by atoms with Crippen LogP contribution in [0.25, 0.3) is 0 Å². The summed E-state index contributed by atoms with van der Waals surface area (Å²) >= 11 is 0. The molecule has 2 heterocycles. The number of aryl methyl sites for hydroxylation is 1. The highest BCUT2D eigenvalue weighted by Crippen LogP contribution is 2.05. The minimum Gasteiger partial charge on any atom is -0.480 e. The molecule has 0 atom stereocenters. The lowest BCUT2D eigenvalue weighted by atomic mass is 10.4. The molecule has 0 aliphatic rings. The van der Waals surface area contributed by atoms with E-state index < -0.39 is 5.97 Å². The lowest BCUT2D eigenvalue weighted by Crippen LogP contribution is -2.14. The molecule has 2 N–H and O–H groups in total. The van der Waals surface area contributed by atoms with E-state index in [4.69, 9.17) is 5.11 Å². The molecule has 0 fully saturated rings. The first kappa shape index (κ1) is 12.7. The number of hydrogen-bond acceptors (Lipinski definition) is 5. The van der Waals surface area contributed by atoms with Gasteiger partial charge in [0.2, 0.25) is 5.91 Å². The number of nitrogens with one attached hydrogen (secondary N) is 1. The Morgan fingerprint density at radius 3 is 2.84 bits per heavy atom. The summed E-state index contributed by atoms with van der Waals surface area (Å²) in [7, 11) is 0. The molecule has 0 radical (unpaired) electrons. The van der Waals surface area contributed by atoms with Gasteiger partial charge in [0.1, 0.15) is 19.2 Å². The predicted octanol–water partition coefficient (Wildman–Crippen LogP) is -0.412. The first-order chi connectivity index (χ1) is 9.13. The number of aromatic nitrogens is 5. The number of aliphatic carboxylic acids is 1. The van der Waals surface area contributed by atoms with Crippen LogP contribution in [0.3, 0.4) is 0 Å². The van der Waals surface area contributed by atoms with Crippen molar-refractivity contribution in [3.05, 3.63) is 25.0 Å². The van der Waals surface area contributed by atoms with Crippen molar-refractivity contribution in [2.24, 2.45) is 0 Å². The molecule has 0 aliphatic heterocycles. The fourth-order valence-electron chi connectivity index (χ4n) is 1.44. The Labute approximate surface area is 107 Å². The van der Waals surface area contributed by atoms with E-state index in [9.17, 15) is 9.59 Å². The molecular weight excluding hydrogens is 252 g/mol. The number of nitrogens with zero attached hydrogens (tertiary/aromatic N) is 5. The molecule has 100 valence electrons. The Morgan fingerprint density at radius 1 is 1.32 bits per heavy atom.